The SMILES string of the molecule is CCC(C)C(NC(=O)CCCNC(=O)c1ccc(Cl)cc1)C(N)=O. The van der Waals surface area contributed by atoms with Crippen LogP contribution in [0.5, 0.6) is 0 Å². The lowest BCUT2D eigenvalue weighted by Gasteiger charge is -2.21. The van der Waals surface area contributed by atoms with E-state index >= 15 is 0 Å². The molecule has 0 spiro atoms. The minimum absolute atomic E-state index is 0.0175. The highest BCUT2D eigenvalue weighted by molar-refractivity contribution is 6.30. The highest BCUT2D eigenvalue weighted by atomic mass is 35.5. The Kier molecular flexibility index (Phi) is 8.26. The predicted octanol–water partition coefficient (Wildman–Crippen LogP) is 1.87. The van der Waals surface area contributed by atoms with E-state index in [-0.39, 0.29) is 24.2 Å². The van der Waals surface area contributed by atoms with Gasteiger partial charge in [0.25, 0.3) is 5.91 Å². The fourth-order valence-corrected chi connectivity index (χ4v) is 2.26. The average Bonchev–Trinajstić information content (AvgIpc) is 2.56. The van der Waals surface area contributed by atoms with Gasteiger partial charge in [-0.15, -0.1) is 0 Å². The molecule has 0 aliphatic heterocycles. The van der Waals surface area contributed by atoms with Crippen LogP contribution in [0, 0.1) is 5.92 Å². The van der Waals surface area contributed by atoms with Crippen molar-refractivity contribution in [3.63, 3.8) is 0 Å². The number of carbonyl (C=O) groups excluding carboxylic acids is 3. The third-order valence-corrected chi connectivity index (χ3v) is 4.06. The van der Waals surface area contributed by atoms with E-state index in [1.807, 2.05) is 13.8 Å². The second kappa shape index (κ2) is 9.93. The van der Waals surface area contributed by atoms with Crippen molar-refractivity contribution < 1.29 is 14.4 Å². The summed E-state index contributed by atoms with van der Waals surface area (Å²) in [6, 6.07) is 5.89. The molecule has 0 saturated carbocycles. The topological polar surface area (TPSA) is 101 Å². The number of hydrogen-bond acceptors (Lipinski definition) is 3. The summed E-state index contributed by atoms with van der Waals surface area (Å²) in [4.78, 5) is 35.1. The maximum atomic E-state index is 11.9. The second-order valence-corrected chi connectivity index (χ2v) is 6.14. The van der Waals surface area contributed by atoms with E-state index in [9.17, 15) is 14.4 Å². The Morgan fingerprint density at radius 3 is 2.38 bits per heavy atom. The van der Waals surface area contributed by atoms with Crippen LogP contribution in [-0.4, -0.2) is 30.3 Å². The number of benzene rings is 1. The van der Waals surface area contributed by atoms with Gasteiger partial charge in [-0.3, -0.25) is 14.4 Å². The van der Waals surface area contributed by atoms with Gasteiger partial charge in [-0.1, -0.05) is 31.9 Å². The molecule has 132 valence electrons. The number of halogens is 1. The van der Waals surface area contributed by atoms with Crippen LogP contribution in [0.15, 0.2) is 24.3 Å². The van der Waals surface area contributed by atoms with Gasteiger partial charge in [0.2, 0.25) is 11.8 Å². The van der Waals surface area contributed by atoms with E-state index in [0.717, 1.165) is 6.42 Å². The normalized spacial score (nSPS) is 13.0. The first-order valence-corrected chi connectivity index (χ1v) is 8.35. The molecule has 1 aromatic carbocycles. The maximum absolute atomic E-state index is 11.9. The predicted molar refractivity (Wildman–Crippen MR) is 93.6 cm³/mol. The van der Waals surface area contributed by atoms with Crippen LogP contribution in [0.4, 0.5) is 0 Å². The Morgan fingerprint density at radius 1 is 1.21 bits per heavy atom. The third-order valence-electron chi connectivity index (χ3n) is 3.81. The van der Waals surface area contributed by atoms with E-state index in [4.69, 9.17) is 17.3 Å². The summed E-state index contributed by atoms with van der Waals surface area (Å²) < 4.78 is 0. The highest BCUT2D eigenvalue weighted by Crippen LogP contribution is 2.09. The monoisotopic (exact) mass is 353 g/mol. The van der Waals surface area contributed by atoms with Crippen molar-refractivity contribution in [2.24, 2.45) is 11.7 Å². The molecule has 0 aliphatic carbocycles. The summed E-state index contributed by atoms with van der Waals surface area (Å²) in [5.41, 5.74) is 5.82. The van der Waals surface area contributed by atoms with Gasteiger partial charge in [-0.25, -0.2) is 0 Å². The summed E-state index contributed by atoms with van der Waals surface area (Å²) in [6.45, 7) is 4.15. The molecule has 0 aromatic heterocycles. The molecule has 1 rings (SSSR count). The fourth-order valence-electron chi connectivity index (χ4n) is 2.13. The van der Waals surface area contributed by atoms with Crippen molar-refractivity contribution in [2.75, 3.05) is 6.54 Å². The highest BCUT2D eigenvalue weighted by Gasteiger charge is 2.23. The lowest BCUT2D eigenvalue weighted by Crippen LogP contribution is -2.48. The molecule has 1 aromatic rings. The standard InChI is InChI=1S/C17H24ClN3O3/c1-3-11(2)15(16(19)23)21-14(22)5-4-10-20-17(24)12-6-8-13(18)9-7-12/h6-9,11,15H,3-5,10H2,1-2H3,(H2,19,23)(H,20,24)(H,21,22). The Balaban J connectivity index is 2.33. The van der Waals surface area contributed by atoms with Gasteiger partial charge in [0, 0.05) is 23.6 Å². The zero-order valence-electron chi connectivity index (χ0n) is 14.0. The number of carbonyl (C=O) groups is 3. The van der Waals surface area contributed by atoms with Crippen molar-refractivity contribution >= 4 is 29.3 Å². The van der Waals surface area contributed by atoms with E-state index in [1.54, 1.807) is 24.3 Å². The molecular formula is C17H24ClN3O3. The van der Waals surface area contributed by atoms with Crippen molar-refractivity contribution in [1.82, 2.24) is 10.6 Å². The fraction of sp³-hybridized carbons (Fsp3) is 0.471. The average molecular weight is 354 g/mol. The molecule has 7 heteroatoms. The minimum Gasteiger partial charge on any atom is -0.368 e. The number of nitrogens with two attached hydrogens (primary N) is 1. The largest absolute Gasteiger partial charge is 0.368 e. The summed E-state index contributed by atoms with van der Waals surface area (Å²) in [5.74, 6) is -1.02. The molecule has 0 heterocycles. The maximum Gasteiger partial charge on any atom is 0.251 e. The van der Waals surface area contributed by atoms with Crippen molar-refractivity contribution in [1.29, 1.82) is 0 Å². The van der Waals surface area contributed by atoms with Crippen LogP contribution in [-0.2, 0) is 9.59 Å². The quantitative estimate of drug-likeness (QED) is 0.590. The van der Waals surface area contributed by atoms with Crippen LogP contribution < -0.4 is 16.4 Å². The van der Waals surface area contributed by atoms with Gasteiger partial charge in [-0.2, -0.15) is 0 Å². The third kappa shape index (κ3) is 6.58. The molecule has 2 atom stereocenters. The van der Waals surface area contributed by atoms with Crippen LogP contribution >= 0.6 is 11.6 Å². The smallest absolute Gasteiger partial charge is 0.251 e. The number of primary amides is 1. The van der Waals surface area contributed by atoms with Gasteiger partial charge >= 0.3 is 0 Å². The van der Waals surface area contributed by atoms with Crippen molar-refractivity contribution in [3.05, 3.63) is 34.9 Å². The van der Waals surface area contributed by atoms with Crippen LogP contribution in [0.25, 0.3) is 0 Å². The molecule has 2 unspecified atom stereocenters. The zero-order valence-corrected chi connectivity index (χ0v) is 14.7. The zero-order chi connectivity index (χ0) is 18.1. The lowest BCUT2D eigenvalue weighted by molar-refractivity contribution is -0.128. The Morgan fingerprint density at radius 2 is 1.83 bits per heavy atom. The molecule has 4 N–H and O–H groups in total. The van der Waals surface area contributed by atoms with Gasteiger partial charge in [0.1, 0.15) is 6.04 Å². The molecule has 0 bridgehead atoms. The minimum atomic E-state index is -0.661. The van der Waals surface area contributed by atoms with E-state index in [0.29, 0.717) is 23.6 Å². The molecular weight excluding hydrogens is 330 g/mol. The van der Waals surface area contributed by atoms with E-state index < -0.39 is 11.9 Å². The van der Waals surface area contributed by atoms with Crippen LogP contribution in [0.1, 0.15) is 43.5 Å². The van der Waals surface area contributed by atoms with Gasteiger partial charge in [0.05, 0.1) is 0 Å². The number of rotatable bonds is 9. The number of hydrogen-bond donors (Lipinski definition) is 3. The van der Waals surface area contributed by atoms with E-state index in [1.165, 1.54) is 0 Å². The van der Waals surface area contributed by atoms with Crippen molar-refractivity contribution in [2.45, 2.75) is 39.2 Å². The molecule has 24 heavy (non-hydrogen) atoms. The first kappa shape index (κ1) is 20.0. The molecule has 3 amide bonds. The second-order valence-electron chi connectivity index (χ2n) is 5.70. The first-order valence-electron chi connectivity index (χ1n) is 7.97. The van der Waals surface area contributed by atoms with Crippen molar-refractivity contribution in [3.8, 4) is 0 Å². The van der Waals surface area contributed by atoms with Gasteiger partial charge in [0.15, 0.2) is 0 Å². The molecule has 0 aliphatic rings. The molecule has 0 radical (unpaired) electrons. The first-order chi connectivity index (χ1) is 11.3. The van der Waals surface area contributed by atoms with Crippen LogP contribution in [0.2, 0.25) is 5.02 Å². The Bertz CT molecular complexity index is 575. The molecule has 0 saturated heterocycles. The Labute approximate surface area is 147 Å². The van der Waals surface area contributed by atoms with Gasteiger partial charge < -0.3 is 16.4 Å². The number of amides is 3. The molecule has 0 fully saturated rings. The van der Waals surface area contributed by atoms with Crippen LogP contribution in [0.3, 0.4) is 0 Å². The lowest BCUT2D eigenvalue weighted by atomic mass is 9.98. The summed E-state index contributed by atoms with van der Waals surface area (Å²) in [7, 11) is 0. The van der Waals surface area contributed by atoms with Gasteiger partial charge in [-0.05, 0) is 36.6 Å². The Hall–Kier alpha value is -2.08. The number of nitrogens with one attached hydrogen (secondary N) is 2. The summed E-state index contributed by atoms with van der Waals surface area (Å²) in [5, 5.41) is 5.95. The molecule has 6 nitrogen and oxygen atoms in total. The summed E-state index contributed by atoms with van der Waals surface area (Å²) in [6.07, 6.45) is 1.42. The van der Waals surface area contributed by atoms with E-state index in [2.05, 4.69) is 10.6 Å². The summed E-state index contributed by atoms with van der Waals surface area (Å²) >= 11 is 5.77.